The van der Waals surface area contributed by atoms with E-state index in [2.05, 4.69) is 25.7 Å². The van der Waals surface area contributed by atoms with Gasteiger partial charge in [0.05, 0.1) is 0 Å². The maximum Gasteiger partial charge on any atom is -0.00161 e. The second-order valence-electron chi connectivity index (χ2n) is 7.23. The van der Waals surface area contributed by atoms with Crippen molar-refractivity contribution < 1.29 is 0 Å². The Kier molecular flexibility index (Phi) is 8.01. The smallest absolute Gasteiger partial charge is 0.00161 e. The molecule has 1 aliphatic heterocycles. The predicted octanol–water partition coefficient (Wildman–Crippen LogP) is 4.04. The molecule has 1 aliphatic rings. The standard InChI is InChI=1S/C17H36N2/c1-4-7-16-8-5-13-19(15-9-16)14-6-10-17(2,3)11-12-18/h16H,4-15,18H2,1-3H3. The van der Waals surface area contributed by atoms with Crippen LogP contribution in [0.2, 0.25) is 0 Å². The summed E-state index contributed by atoms with van der Waals surface area (Å²) in [5.74, 6) is 1.00. The summed E-state index contributed by atoms with van der Waals surface area (Å²) >= 11 is 0. The van der Waals surface area contributed by atoms with Gasteiger partial charge in [0, 0.05) is 0 Å². The van der Waals surface area contributed by atoms with Crippen LogP contribution in [0.3, 0.4) is 0 Å². The first-order valence-electron chi connectivity index (χ1n) is 8.50. The Balaban J connectivity index is 2.19. The van der Waals surface area contributed by atoms with Crippen LogP contribution in [0.15, 0.2) is 0 Å². The molecule has 0 amide bonds. The highest BCUT2D eigenvalue weighted by molar-refractivity contribution is 4.73. The van der Waals surface area contributed by atoms with Crippen LogP contribution in [0.1, 0.15) is 72.1 Å². The maximum atomic E-state index is 5.68. The highest BCUT2D eigenvalue weighted by atomic mass is 15.1. The van der Waals surface area contributed by atoms with Crippen molar-refractivity contribution in [2.75, 3.05) is 26.2 Å². The highest BCUT2D eigenvalue weighted by Crippen LogP contribution is 2.27. The molecule has 0 aromatic carbocycles. The summed E-state index contributed by atoms with van der Waals surface area (Å²) in [5.41, 5.74) is 6.12. The Labute approximate surface area is 121 Å². The fourth-order valence-electron chi connectivity index (χ4n) is 3.44. The zero-order chi connectivity index (χ0) is 14.1. The zero-order valence-corrected chi connectivity index (χ0v) is 13.6. The summed E-state index contributed by atoms with van der Waals surface area (Å²) in [4.78, 5) is 2.70. The summed E-state index contributed by atoms with van der Waals surface area (Å²) in [6.07, 6.45) is 10.9. The molecule has 0 aliphatic carbocycles. The summed E-state index contributed by atoms with van der Waals surface area (Å²) < 4.78 is 0. The van der Waals surface area contributed by atoms with Crippen LogP contribution in [0.5, 0.6) is 0 Å². The maximum absolute atomic E-state index is 5.68. The molecule has 1 fully saturated rings. The van der Waals surface area contributed by atoms with E-state index < -0.39 is 0 Å². The van der Waals surface area contributed by atoms with Crippen molar-refractivity contribution in [2.45, 2.75) is 72.1 Å². The van der Waals surface area contributed by atoms with Crippen LogP contribution in [-0.4, -0.2) is 31.1 Å². The number of hydrogen-bond acceptors (Lipinski definition) is 2. The quantitative estimate of drug-likeness (QED) is 0.720. The molecule has 1 rings (SSSR count). The molecule has 1 saturated heterocycles. The molecule has 0 aromatic rings. The van der Waals surface area contributed by atoms with E-state index in [9.17, 15) is 0 Å². The average molecular weight is 268 g/mol. The Hall–Kier alpha value is -0.0800. The predicted molar refractivity (Wildman–Crippen MR) is 85.4 cm³/mol. The van der Waals surface area contributed by atoms with Crippen molar-refractivity contribution in [3.8, 4) is 0 Å². The van der Waals surface area contributed by atoms with E-state index in [0.717, 1.165) is 18.9 Å². The van der Waals surface area contributed by atoms with Crippen LogP contribution in [0.4, 0.5) is 0 Å². The Bertz CT molecular complexity index is 225. The van der Waals surface area contributed by atoms with E-state index in [-0.39, 0.29) is 0 Å². The fourth-order valence-corrected chi connectivity index (χ4v) is 3.44. The van der Waals surface area contributed by atoms with Gasteiger partial charge in [0.15, 0.2) is 0 Å². The summed E-state index contributed by atoms with van der Waals surface area (Å²) in [7, 11) is 0. The third-order valence-corrected chi connectivity index (χ3v) is 4.79. The van der Waals surface area contributed by atoms with Crippen LogP contribution in [0, 0.1) is 11.3 Å². The van der Waals surface area contributed by atoms with Gasteiger partial charge in [-0.1, -0.05) is 33.6 Å². The first kappa shape index (κ1) is 17.0. The molecule has 19 heavy (non-hydrogen) atoms. The Morgan fingerprint density at radius 2 is 1.95 bits per heavy atom. The van der Waals surface area contributed by atoms with E-state index >= 15 is 0 Å². The lowest BCUT2D eigenvalue weighted by Crippen LogP contribution is -2.27. The minimum Gasteiger partial charge on any atom is -0.330 e. The number of rotatable bonds is 8. The van der Waals surface area contributed by atoms with Crippen LogP contribution >= 0.6 is 0 Å². The molecule has 1 unspecified atom stereocenters. The topological polar surface area (TPSA) is 29.3 Å². The molecule has 0 aromatic heterocycles. The lowest BCUT2D eigenvalue weighted by atomic mass is 9.84. The van der Waals surface area contributed by atoms with Gasteiger partial charge in [-0.25, -0.2) is 0 Å². The second-order valence-corrected chi connectivity index (χ2v) is 7.23. The van der Waals surface area contributed by atoms with Crippen molar-refractivity contribution in [1.29, 1.82) is 0 Å². The first-order chi connectivity index (χ1) is 9.07. The van der Waals surface area contributed by atoms with Gasteiger partial charge in [-0.15, -0.1) is 0 Å². The van der Waals surface area contributed by atoms with Crippen molar-refractivity contribution >= 4 is 0 Å². The van der Waals surface area contributed by atoms with Crippen molar-refractivity contribution in [3.05, 3.63) is 0 Å². The van der Waals surface area contributed by atoms with Gasteiger partial charge in [0.1, 0.15) is 0 Å². The van der Waals surface area contributed by atoms with Gasteiger partial charge in [0.25, 0.3) is 0 Å². The lowest BCUT2D eigenvalue weighted by Gasteiger charge is -2.26. The van der Waals surface area contributed by atoms with Gasteiger partial charge in [0.2, 0.25) is 0 Å². The first-order valence-corrected chi connectivity index (χ1v) is 8.50. The lowest BCUT2D eigenvalue weighted by molar-refractivity contribution is 0.238. The minimum atomic E-state index is 0.436. The summed E-state index contributed by atoms with van der Waals surface area (Å²) in [5, 5.41) is 0. The molecule has 0 radical (unpaired) electrons. The van der Waals surface area contributed by atoms with Crippen molar-refractivity contribution in [3.63, 3.8) is 0 Å². The third-order valence-electron chi connectivity index (χ3n) is 4.79. The molecule has 1 heterocycles. The summed E-state index contributed by atoms with van der Waals surface area (Å²) in [6.45, 7) is 11.8. The van der Waals surface area contributed by atoms with Crippen LogP contribution in [0.25, 0.3) is 0 Å². The number of nitrogens with zero attached hydrogens (tertiary/aromatic N) is 1. The number of nitrogens with two attached hydrogens (primary N) is 1. The minimum absolute atomic E-state index is 0.436. The van der Waals surface area contributed by atoms with Gasteiger partial charge < -0.3 is 10.6 Å². The van der Waals surface area contributed by atoms with Crippen molar-refractivity contribution in [2.24, 2.45) is 17.1 Å². The molecule has 2 N–H and O–H groups in total. The van der Waals surface area contributed by atoms with Crippen LogP contribution < -0.4 is 5.73 Å². The second kappa shape index (κ2) is 8.97. The molecule has 114 valence electrons. The SMILES string of the molecule is CCCC1CCCN(CCCC(C)(C)CCN)CC1. The molecule has 0 bridgehead atoms. The molecule has 2 nitrogen and oxygen atoms in total. The molecular formula is C17H36N2. The monoisotopic (exact) mass is 268 g/mol. The Morgan fingerprint density at radius 1 is 1.16 bits per heavy atom. The van der Waals surface area contributed by atoms with Gasteiger partial charge in [-0.3, -0.25) is 0 Å². The van der Waals surface area contributed by atoms with Gasteiger partial charge in [-0.2, -0.15) is 0 Å². The van der Waals surface area contributed by atoms with Crippen LogP contribution in [-0.2, 0) is 0 Å². The van der Waals surface area contributed by atoms with Crippen molar-refractivity contribution in [1.82, 2.24) is 4.90 Å². The third kappa shape index (κ3) is 7.31. The average Bonchev–Trinajstić information content (AvgIpc) is 2.55. The van der Waals surface area contributed by atoms with E-state index in [1.165, 1.54) is 64.6 Å². The van der Waals surface area contributed by atoms with Gasteiger partial charge >= 0.3 is 0 Å². The molecule has 0 saturated carbocycles. The van der Waals surface area contributed by atoms with E-state index in [0.29, 0.717) is 5.41 Å². The van der Waals surface area contributed by atoms with Gasteiger partial charge in [-0.05, 0) is 76.0 Å². The molecule has 1 atom stereocenters. The van der Waals surface area contributed by atoms with E-state index in [1.807, 2.05) is 0 Å². The van der Waals surface area contributed by atoms with E-state index in [1.54, 1.807) is 0 Å². The largest absolute Gasteiger partial charge is 0.330 e. The normalized spacial score (nSPS) is 22.4. The highest BCUT2D eigenvalue weighted by Gasteiger charge is 2.19. The number of hydrogen-bond donors (Lipinski definition) is 1. The fraction of sp³-hybridized carbons (Fsp3) is 1.00. The van der Waals surface area contributed by atoms with E-state index in [4.69, 9.17) is 5.73 Å². The molecular weight excluding hydrogens is 232 g/mol. The zero-order valence-electron chi connectivity index (χ0n) is 13.6. The number of likely N-dealkylation sites (tertiary alicyclic amines) is 1. The Morgan fingerprint density at radius 3 is 2.63 bits per heavy atom. The molecule has 0 spiro atoms. The summed E-state index contributed by atoms with van der Waals surface area (Å²) in [6, 6.07) is 0. The molecule has 2 heteroatoms.